The first-order valence-electron chi connectivity index (χ1n) is 6.78. The van der Waals surface area contributed by atoms with E-state index in [1.165, 1.54) is 0 Å². The Morgan fingerprint density at radius 1 is 1.40 bits per heavy atom. The van der Waals surface area contributed by atoms with E-state index in [1.807, 2.05) is 25.3 Å². The number of nitrogens with zero attached hydrogens (tertiary/aromatic N) is 1. The van der Waals surface area contributed by atoms with Gasteiger partial charge in [0.2, 0.25) is 5.91 Å². The van der Waals surface area contributed by atoms with Gasteiger partial charge in [-0.25, -0.2) is 4.39 Å². The fraction of sp³-hybridized carbons (Fsp3) is 0.312. The summed E-state index contributed by atoms with van der Waals surface area (Å²) in [5.74, 6) is -0.104. The van der Waals surface area contributed by atoms with Gasteiger partial charge in [-0.3, -0.25) is 4.79 Å². The smallest absolute Gasteiger partial charge is 0.219 e. The van der Waals surface area contributed by atoms with Gasteiger partial charge in [0.1, 0.15) is 5.82 Å². The van der Waals surface area contributed by atoms with Crippen molar-refractivity contribution >= 4 is 22.4 Å². The van der Waals surface area contributed by atoms with Crippen LogP contribution in [-0.2, 0) is 4.79 Å². The Bertz CT molecular complexity index is 715. The highest BCUT2D eigenvalue weighted by Gasteiger charge is 2.18. The number of amides is 1. The molecule has 1 amide bonds. The van der Waals surface area contributed by atoms with E-state index in [1.54, 1.807) is 17.9 Å². The highest BCUT2D eigenvalue weighted by molar-refractivity contribution is 5.94. The van der Waals surface area contributed by atoms with E-state index in [2.05, 4.69) is 4.98 Å². The number of carbonyl (C=O) groups excluding carboxylic acids is 1. The zero-order valence-corrected chi connectivity index (χ0v) is 11.7. The van der Waals surface area contributed by atoms with Gasteiger partial charge in [-0.15, -0.1) is 0 Å². The molecule has 2 aromatic rings. The number of hydrogen-bond acceptors (Lipinski definition) is 1. The number of nitrogens with one attached hydrogen (secondary N) is 1. The van der Waals surface area contributed by atoms with Gasteiger partial charge in [0.25, 0.3) is 0 Å². The summed E-state index contributed by atoms with van der Waals surface area (Å²) in [6, 6.07) is 3.51. The molecule has 0 atom stereocenters. The fourth-order valence-corrected chi connectivity index (χ4v) is 2.80. The van der Waals surface area contributed by atoms with Crippen LogP contribution in [0.4, 0.5) is 4.39 Å². The maximum atomic E-state index is 14.2. The second-order valence-corrected chi connectivity index (χ2v) is 5.32. The summed E-state index contributed by atoms with van der Waals surface area (Å²) in [6.07, 6.45) is 4.65. The van der Waals surface area contributed by atoms with Crippen molar-refractivity contribution in [2.24, 2.45) is 0 Å². The molecule has 4 heteroatoms. The third-order valence-electron chi connectivity index (χ3n) is 3.88. The minimum absolute atomic E-state index is 0.0843. The minimum Gasteiger partial charge on any atom is -0.360 e. The molecule has 104 valence electrons. The molecule has 3 rings (SSSR count). The van der Waals surface area contributed by atoms with E-state index in [9.17, 15) is 9.18 Å². The van der Waals surface area contributed by atoms with Gasteiger partial charge >= 0.3 is 0 Å². The van der Waals surface area contributed by atoms with Gasteiger partial charge in [-0.05, 0) is 36.6 Å². The molecule has 0 radical (unpaired) electrons. The van der Waals surface area contributed by atoms with Crippen LogP contribution in [-0.4, -0.2) is 28.9 Å². The predicted molar refractivity (Wildman–Crippen MR) is 77.8 cm³/mol. The van der Waals surface area contributed by atoms with Crippen molar-refractivity contribution in [1.29, 1.82) is 0 Å². The lowest BCUT2D eigenvalue weighted by molar-refractivity contribution is -0.128. The second-order valence-electron chi connectivity index (χ2n) is 5.32. The molecule has 2 heterocycles. The van der Waals surface area contributed by atoms with Crippen LogP contribution in [0.3, 0.4) is 0 Å². The summed E-state index contributed by atoms with van der Waals surface area (Å²) in [5.41, 5.74) is 3.76. The lowest BCUT2D eigenvalue weighted by Crippen LogP contribution is -2.32. The first-order chi connectivity index (χ1) is 9.56. The summed E-state index contributed by atoms with van der Waals surface area (Å²) in [7, 11) is 0. The Labute approximate surface area is 117 Å². The van der Waals surface area contributed by atoms with Crippen LogP contribution in [0.5, 0.6) is 0 Å². The Balaban J connectivity index is 2.02. The molecule has 1 aliphatic rings. The number of H-pyrrole nitrogens is 1. The van der Waals surface area contributed by atoms with Gasteiger partial charge in [0.15, 0.2) is 0 Å². The van der Waals surface area contributed by atoms with Crippen molar-refractivity contribution in [3.05, 3.63) is 41.3 Å². The predicted octanol–water partition coefficient (Wildman–Crippen LogP) is 3.25. The molecule has 3 nitrogen and oxygen atoms in total. The zero-order chi connectivity index (χ0) is 14.3. The molecular formula is C16H17FN2O. The summed E-state index contributed by atoms with van der Waals surface area (Å²) in [5, 5.41) is 0.651. The minimum atomic E-state index is -0.189. The summed E-state index contributed by atoms with van der Waals surface area (Å²) >= 11 is 0. The van der Waals surface area contributed by atoms with E-state index in [4.69, 9.17) is 0 Å². The number of hydrogen-bond donors (Lipinski definition) is 1. The molecule has 1 aromatic carbocycles. The monoisotopic (exact) mass is 272 g/mol. The molecule has 0 aliphatic carbocycles. The van der Waals surface area contributed by atoms with E-state index in [0.717, 1.165) is 28.6 Å². The average Bonchev–Trinajstić information content (AvgIpc) is 2.82. The van der Waals surface area contributed by atoms with Crippen LogP contribution < -0.4 is 0 Å². The van der Waals surface area contributed by atoms with Crippen molar-refractivity contribution in [3.8, 4) is 0 Å². The number of benzene rings is 1. The first-order valence-corrected chi connectivity index (χ1v) is 6.78. The van der Waals surface area contributed by atoms with Gasteiger partial charge in [-0.2, -0.15) is 0 Å². The van der Waals surface area contributed by atoms with Crippen molar-refractivity contribution < 1.29 is 9.18 Å². The quantitative estimate of drug-likeness (QED) is 0.850. The molecular weight excluding hydrogens is 255 g/mol. The molecule has 0 saturated carbocycles. The third-order valence-corrected chi connectivity index (χ3v) is 3.88. The lowest BCUT2D eigenvalue weighted by Gasteiger charge is -2.25. The van der Waals surface area contributed by atoms with Crippen molar-refractivity contribution in [3.63, 3.8) is 0 Å². The Hall–Kier alpha value is -2.10. The first kappa shape index (κ1) is 12.9. The zero-order valence-electron chi connectivity index (χ0n) is 11.7. The van der Waals surface area contributed by atoms with Gasteiger partial charge in [0, 0.05) is 42.7 Å². The molecule has 0 saturated heterocycles. The van der Waals surface area contributed by atoms with Gasteiger partial charge in [0.05, 0.1) is 0 Å². The number of carbonyl (C=O) groups is 1. The fourth-order valence-electron chi connectivity index (χ4n) is 2.80. The molecule has 0 spiro atoms. The SMILES string of the molecule is CC(=O)N1CC=C(c2c[nH]c3cc(C)cc(F)c23)CC1. The summed E-state index contributed by atoms with van der Waals surface area (Å²) < 4.78 is 14.2. The number of aromatic amines is 1. The number of aryl methyl sites for hydroxylation is 1. The number of halogens is 1. The maximum Gasteiger partial charge on any atom is 0.219 e. The normalized spacial score (nSPS) is 15.6. The Kier molecular flexibility index (Phi) is 3.08. The van der Waals surface area contributed by atoms with E-state index in [0.29, 0.717) is 18.5 Å². The van der Waals surface area contributed by atoms with Gasteiger partial charge < -0.3 is 9.88 Å². The highest BCUT2D eigenvalue weighted by atomic mass is 19.1. The molecule has 0 fully saturated rings. The Morgan fingerprint density at radius 3 is 2.85 bits per heavy atom. The average molecular weight is 272 g/mol. The summed E-state index contributed by atoms with van der Waals surface area (Å²) in [4.78, 5) is 16.3. The maximum absolute atomic E-state index is 14.2. The van der Waals surface area contributed by atoms with E-state index in [-0.39, 0.29) is 11.7 Å². The number of fused-ring (bicyclic) bond motifs is 1. The van der Waals surface area contributed by atoms with Crippen LogP contribution in [0.25, 0.3) is 16.5 Å². The number of aromatic nitrogens is 1. The van der Waals surface area contributed by atoms with Crippen LogP contribution >= 0.6 is 0 Å². The van der Waals surface area contributed by atoms with Crippen LogP contribution in [0.1, 0.15) is 24.5 Å². The number of rotatable bonds is 1. The molecule has 1 N–H and O–H groups in total. The van der Waals surface area contributed by atoms with Crippen LogP contribution in [0, 0.1) is 12.7 Å². The van der Waals surface area contributed by atoms with Crippen molar-refractivity contribution in [2.75, 3.05) is 13.1 Å². The molecule has 20 heavy (non-hydrogen) atoms. The summed E-state index contributed by atoms with van der Waals surface area (Å²) in [6.45, 7) is 4.76. The van der Waals surface area contributed by atoms with Crippen molar-refractivity contribution in [2.45, 2.75) is 20.3 Å². The van der Waals surface area contributed by atoms with Crippen LogP contribution in [0.2, 0.25) is 0 Å². The lowest BCUT2D eigenvalue weighted by atomic mass is 9.98. The van der Waals surface area contributed by atoms with Crippen LogP contribution in [0.15, 0.2) is 24.4 Å². The second kappa shape index (κ2) is 4.78. The molecule has 0 bridgehead atoms. The largest absolute Gasteiger partial charge is 0.360 e. The topological polar surface area (TPSA) is 36.1 Å². The van der Waals surface area contributed by atoms with Crippen molar-refractivity contribution in [1.82, 2.24) is 9.88 Å². The highest BCUT2D eigenvalue weighted by Crippen LogP contribution is 2.31. The van der Waals surface area contributed by atoms with E-state index >= 15 is 0 Å². The standard InChI is InChI=1S/C16H17FN2O/c1-10-7-14(17)16-13(9-18-15(16)8-10)12-3-5-19(6-4-12)11(2)20/h3,7-9,18H,4-6H2,1-2H3. The third kappa shape index (κ3) is 2.11. The van der Waals surface area contributed by atoms with Gasteiger partial charge in [-0.1, -0.05) is 6.08 Å². The molecule has 1 aliphatic heterocycles. The van der Waals surface area contributed by atoms with E-state index < -0.39 is 0 Å². The Morgan fingerprint density at radius 2 is 2.20 bits per heavy atom. The molecule has 1 aromatic heterocycles. The molecule has 0 unspecified atom stereocenters.